The Hall–Kier alpha value is -0.260. The minimum atomic E-state index is 0.535. The van der Waals surface area contributed by atoms with Crippen LogP contribution >= 0.6 is 37.1 Å². The van der Waals surface area contributed by atoms with Gasteiger partial charge in [-0.2, -0.15) is 11.8 Å². The van der Waals surface area contributed by atoms with Crippen molar-refractivity contribution in [3.8, 4) is 0 Å². The number of thioether (sulfide) groups is 1. The summed E-state index contributed by atoms with van der Waals surface area (Å²) in [5, 5.41) is 0. The monoisotopic (exact) mass is 323 g/mol. The van der Waals surface area contributed by atoms with Gasteiger partial charge in [0.05, 0.1) is 12.0 Å². The van der Waals surface area contributed by atoms with Crippen molar-refractivity contribution in [1.29, 1.82) is 0 Å². The molecule has 0 fully saturated rings. The molecule has 16 heavy (non-hydrogen) atoms. The van der Waals surface area contributed by atoms with Gasteiger partial charge in [0.15, 0.2) is 5.96 Å². The van der Waals surface area contributed by atoms with Crippen LogP contribution in [0.2, 0.25) is 0 Å². The van der Waals surface area contributed by atoms with Crippen molar-refractivity contribution in [3.05, 3.63) is 16.6 Å². The number of imidazole rings is 1. The Morgan fingerprint density at radius 2 is 2.56 bits per heavy atom. The molecule has 1 aromatic rings. The molecule has 1 rings (SSSR count). The maximum Gasteiger partial charge on any atom is 0.193 e. The van der Waals surface area contributed by atoms with Crippen molar-refractivity contribution in [2.24, 2.45) is 10.7 Å². The van der Waals surface area contributed by atoms with Crippen molar-refractivity contribution in [2.75, 3.05) is 19.3 Å². The van der Waals surface area contributed by atoms with Crippen LogP contribution in [-0.4, -0.2) is 39.9 Å². The van der Waals surface area contributed by atoms with E-state index in [1.807, 2.05) is 16.4 Å². The summed E-state index contributed by atoms with van der Waals surface area (Å²) < 4.78 is 2.74. The molecular weight excluding hydrogens is 309 g/mol. The van der Waals surface area contributed by atoms with Gasteiger partial charge in [-0.25, -0.2) is 4.98 Å². The molecule has 1 heterocycles. The maximum atomic E-state index is 5.64. The molecule has 0 spiro atoms. The van der Waals surface area contributed by atoms with E-state index in [4.69, 9.17) is 5.73 Å². The predicted molar refractivity (Wildman–Crippen MR) is 76.4 cm³/mol. The van der Waals surface area contributed by atoms with Gasteiger partial charge in [-0.3, -0.25) is 4.99 Å². The van der Waals surface area contributed by atoms with Crippen LogP contribution in [-0.2, 0) is 5.75 Å². The smallest absolute Gasteiger partial charge is 0.193 e. The zero-order valence-electron chi connectivity index (χ0n) is 8.98. The van der Waals surface area contributed by atoms with Gasteiger partial charge in [0.2, 0.25) is 0 Å². The Labute approximate surface area is 110 Å². The number of aromatic amines is 1. The topological polar surface area (TPSA) is 70.3 Å². The van der Waals surface area contributed by atoms with Gasteiger partial charge in [0, 0.05) is 25.1 Å². The third-order valence-corrected chi connectivity index (χ3v) is 4.08. The Balaban J connectivity index is 2.20. The first-order valence-corrected chi connectivity index (χ1v) is 7.11. The molecule has 3 N–H and O–H groups in total. The lowest BCUT2D eigenvalue weighted by Crippen LogP contribution is -2.30. The quantitative estimate of drug-likeness (QED) is 0.372. The van der Waals surface area contributed by atoms with E-state index in [2.05, 4.69) is 40.3 Å². The number of nitrogens with two attached hydrogens (primary N) is 1. The minimum Gasteiger partial charge on any atom is -0.370 e. The average Bonchev–Trinajstić information content (AvgIpc) is 2.69. The van der Waals surface area contributed by atoms with Crippen LogP contribution in [0.4, 0.5) is 0 Å². The summed E-state index contributed by atoms with van der Waals surface area (Å²) in [5.74, 6) is 2.42. The van der Waals surface area contributed by atoms with E-state index in [-0.39, 0.29) is 0 Å². The first kappa shape index (κ1) is 13.8. The summed E-state index contributed by atoms with van der Waals surface area (Å²) >= 11 is 5.19. The normalized spacial score (nSPS) is 11.8. The van der Waals surface area contributed by atoms with Crippen LogP contribution in [0.3, 0.4) is 0 Å². The maximum absolute atomic E-state index is 5.64. The molecule has 5 nitrogen and oxygen atoms in total. The first-order chi connectivity index (χ1) is 7.65. The lowest BCUT2D eigenvalue weighted by molar-refractivity contribution is 0.710. The first-order valence-electron chi connectivity index (χ1n) is 4.65. The fraction of sp³-hybridized carbons (Fsp3) is 0.500. The molecule has 0 saturated heterocycles. The number of H-pyrrole nitrogens is 1. The van der Waals surface area contributed by atoms with E-state index in [1.165, 1.54) is 0 Å². The molecule has 0 radical (unpaired) electrons. The Bertz CT molecular complexity index is 356. The Morgan fingerprint density at radius 1 is 1.81 bits per heavy atom. The second kappa shape index (κ2) is 7.14. The fourth-order valence-corrected chi connectivity index (χ4v) is 2.85. The highest BCUT2D eigenvalue weighted by molar-refractivity contribution is 9.10. The second-order valence-electron chi connectivity index (χ2n) is 3.00. The van der Waals surface area contributed by atoms with E-state index in [1.54, 1.807) is 13.4 Å². The van der Waals surface area contributed by atoms with Gasteiger partial charge >= 0.3 is 0 Å². The zero-order chi connectivity index (χ0) is 12.0. The van der Waals surface area contributed by atoms with Gasteiger partial charge in [-0.05, 0) is 25.3 Å². The van der Waals surface area contributed by atoms with Crippen molar-refractivity contribution in [3.63, 3.8) is 0 Å². The van der Waals surface area contributed by atoms with E-state index in [0.717, 1.165) is 28.3 Å². The Morgan fingerprint density at radius 3 is 3.12 bits per heavy atom. The second-order valence-corrected chi connectivity index (χ2v) is 5.48. The van der Waals surface area contributed by atoms with Gasteiger partial charge in [0.1, 0.15) is 4.60 Å². The standard InChI is InChI=1S/C8H15BrN5PS/c1-11-8(10)14(15)2-3-16-4-6-7(9)13-5-12-6/h5H,2-4,15H2,1H3,(H2,10,11)(H,12,13). The third-order valence-electron chi connectivity index (χ3n) is 1.91. The molecule has 0 saturated carbocycles. The van der Waals surface area contributed by atoms with E-state index in [0.29, 0.717) is 5.96 Å². The van der Waals surface area contributed by atoms with Crippen LogP contribution in [0.25, 0.3) is 0 Å². The third kappa shape index (κ3) is 4.31. The van der Waals surface area contributed by atoms with Gasteiger partial charge in [-0.15, -0.1) is 0 Å². The number of aliphatic imine (C=N–C) groups is 1. The number of guanidine groups is 1. The van der Waals surface area contributed by atoms with E-state index in [9.17, 15) is 0 Å². The van der Waals surface area contributed by atoms with Gasteiger partial charge in [0.25, 0.3) is 0 Å². The molecule has 1 unspecified atom stereocenters. The lowest BCUT2D eigenvalue weighted by Gasteiger charge is -2.16. The molecule has 0 amide bonds. The molecule has 0 aliphatic carbocycles. The largest absolute Gasteiger partial charge is 0.370 e. The average molecular weight is 324 g/mol. The van der Waals surface area contributed by atoms with Crippen LogP contribution in [0.15, 0.2) is 15.9 Å². The molecule has 1 aromatic heterocycles. The number of rotatable bonds is 5. The molecule has 8 heteroatoms. The summed E-state index contributed by atoms with van der Waals surface area (Å²) in [5.41, 5.74) is 6.75. The highest BCUT2D eigenvalue weighted by Crippen LogP contribution is 2.17. The molecule has 0 aliphatic rings. The van der Waals surface area contributed by atoms with Crippen molar-refractivity contribution < 1.29 is 0 Å². The number of halogens is 1. The van der Waals surface area contributed by atoms with Crippen LogP contribution in [0.1, 0.15) is 5.69 Å². The highest BCUT2D eigenvalue weighted by Gasteiger charge is 2.03. The lowest BCUT2D eigenvalue weighted by atomic mass is 10.6. The molecule has 90 valence electrons. The van der Waals surface area contributed by atoms with Crippen LogP contribution in [0.5, 0.6) is 0 Å². The molecule has 0 aromatic carbocycles. The van der Waals surface area contributed by atoms with Crippen molar-refractivity contribution in [2.45, 2.75) is 5.75 Å². The molecule has 1 atom stereocenters. The zero-order valence-corrected chi connectivity index (χ0v) is 12.5. The fourth-order valence-electron chi connectivity index (χ4n) is 0.986. The highest BCUT2D eigenvalue weighted by atomic mass is 79.9. The summed E-state index contributed by atoms with van der Waals surface area (Å²) in [4.78, 5) is 11.0. The molecule has 0 bridgehead atoms. The van der Waals surface area contributed by atoms with E-state index < -0.39 is 0 Å². The molecule has 0 aliphatic heterocycles. The van der Waals surface area contributed by atoms with Crippen LogP contribution < -0.4 is 5.73 Å². The van der Waals surface area contributed by atoms with E-state index >= 15 is 0 Å². The summed E-state index contributed by atoms with van der Waals surface area (Å²) in [6.45, 7) is 0.851. The molecular formula is C8H15BrN5PS. The number of hydrogen-bond donors (Lipinski definition) is 2. The van der Waals surface area contributed by atoms with Crippen molar-refractivity contribution >= 4 is 43.0 Å². The number of hydrogen-bond acceptors (Lipinski definition) is 3. The Kier molecular flexibility index (Phi) is 6.16. The summed E-state index contributed by atoms with van der Waals surface area (Å²) in [7, 11) is 4.24. The number of nitrogens with one attached hydrogen (secondary N) is 1. The minimum absolute atomic E-state index is 0.535. The van der Waals surface area contributed by atoms with Gasteiger partial charge in [-0.1, -0.05) is 0 Å². The number of aromatic nitrogens is 2. The van der Waals surface area contributed by atoms with Crippen LogP contribution in [0, 0.1) is 0 Å². The summed E-state index contributed by atoms with van der Waals surface area (Å²) in [6, 6.07) is 0. The number of nitrogens with zero attached hydrogens (tertiary/aromatic N) is 3. The van der Waals surface area contributed by atoms with Gasteiger partial charge < -0.3 is 15.4 Å². The summed E-state index contributed by atoms with van der Waals surface area (Å²) in [6.07, 6.45) is 1.68. The SMILES string of the molecule is CN=C(N)N(P)CCSCc1[nH]cnc1Br. The predicted octanol–water partition coefficient (Wildman–Crippen LogP) is 1.44. The van der Waals surface area contributed by atoms with Crippen molar-refractivity contribution in [1.82, 2.24) is 14.6 Å².